The fraction of sp³-hybridized carbons (Fsp3) is 0. The lowest BCUT2D eigenvalue weighted by Crippen LogP contribution is -2.11. The molecule has 0 fully saturated rings. The van der Waals surface area contributed by atoms with Crippen molar-refractivity contribution in [1.82, 2.24) is 9.97 Å². The first-order chi connectivity index (χ1) is 16.4. The number of nitrogens with zero attached hydrogens (tertiary/aromatic N) is 3. The fourth-order valence-corrected chi connectivity index (χ4v) is 5.41. The Morgan fingerprint density at radius 2 is 2.00 bits per heavy atom. The number of rotatable bonds is 4. The van der Waals surface area contributed by atoms with Crippen LogP contribution in [-0.2, 0) is 0 Å². The Kier molecular flexibility index (Phi) is 5.63. The third-order valence-corrected chi connectivity index (χ3v) is 7.53. The molecule has 1 amide bonds. The molecule has 0 radical (unpaired) electrons. The highest BCUT2D eigenvalue weighted by Crippen LogP contribution is 2.43. The van der Waals surface area contributed by atoms with Crippen LogP contribution in [0.1, 0.15) is 15.2 Å². The zero-order chi connectivity index (χ0) is 24.0. The molecule has 1 aromatic carbocycles. The topological polar surface area (TPSA) is 144 Å². The van der Waals surface area contributed by atoms with Gasteiger partial charge in [-0.15, -0.1) is 22.7 Å². The molecule has 4 heterocycles. The van der Waals surface area contributed by atoms with Gasteiger partial charge in [0.15, 0.2) is 5.13 Å². The Hall–Kier alpha value is -3.62. The number of thiazole rings is 1. The van der Waals surface area contributed by atoms with Crippen molar-refractivity contribution in [1.29, 1.82) is 5.26 Å². The number of furan rings is 1. The normalized spacial score (nSPS) is 11.0. The Morgan fingerprint density at radius 3 is 2.71 bits per heavy atom. The van der Waals surface area contributed by atoms with Gasteiger partial charge in [-0.3, -0.25) is 10.1 Å². The van der Waals surface area contributed by atoms with Gasteiger partial charge >= 0.3 is 0 Å². The molecule has 0 unspecified atom stereocenters. The first kappa shape index (κ1) is 22.2. The third-order valence-electron chi connectivity index (χ3n) is 4.93. The second-order valence-corrected chi connectivity index (χ2v) is 9.65. The number of pyridine rings is 1. The molecule has 0 aliphatic rings. The van der Waals surface area contributed by atoms with Crippen LogP contribution >= 0.6 is 45.9 Å². The second-order valence-electron chi connectivity index (χ2n) is 6.98. The quantitative estimate of drug-likeness (QED) is 0.250. The molecule has 0 spiro atoms. The Balaban J connectivity index is 1.52. The van der Waals surface area contributed by atoms with Gasteiger partial charge in [-0.1, -0.05) is 29.3 Å². The molecule has 4 aromatic heterocycles. The van der Waals surface area contributed by atoms with Crippen molar-refractivity contribution >= 4 is 78.6 Å². The maximum atomic E-state index is 13.1. The summed E-state index contributed by atoms with van der Waals surface area (Å²) in [5.41, 5.74) is 14.5. The molecule has 0 aliphatic carbocycles. The van der Waals surface area contributed by atoms with Crippen molar-refractivity contribution in [2.45, 2.75) is 0 Å². The monoisotopic (exact) mass is 526 g/mol. The molecule has 12 heteroatoms. The number of nitrogen functional groups attached to an aromatic ring is 2. The lowest BCUT2D eigenvalue weighted by atomic mass is 10.0. The maximum Gasteiger partial charge on any atom is 0.269 e. The number of carbonyl (C=O) groups is 1. The number of hydrogen-bond acceptors (Lipinski definition) is 9. The highest BCUT2D eigenvalue weighted by atomic mass is 35.5. The lowest BCUT2D eigenvalue weighted by Gasteiger charge is -2.06. The predicted octanol–water partition coefficient (Wildman–Crippen LogP) is 6.27. The van der Waals surface area contributed by atoms with E-state index in [2.05, 4.69) is 21.4 Å². The molecule has 0 atom stereocenters. The standard InChI is InChI=1S/C22H12Cl2N6O2S2/c23-11-4-3-9(6-12(11)24)13-8-33-22(28-13)30-20(31)18-17(26)16-15(14-2-1-5-32-14)10(7-25)19(27)29-21(16)34-18/h1-6,8H,26H2,(H2,27,29)(H,28,30,31). The molecule has 34 heavy (non-hydrogen) atoms. The van der Waals surface area contributed by atoms with E-state index in [4.69, 9.17) is 39.1 Å². The number of aromatic nitrogens is 2. The molecule has 0 saturated heterocycles. The van der Waals surface area contributed by atoms with Gasteiger partial charge < -0.3 is 15.9 Å². The number of halogens is 2. The SMILES string of the molecule is N#Cc1c(N)nc2sc(C(=O)Nc3nc(-c4ccc(Cl)c(Cl)c4)cs3)c(N)c2c1-c1ccco1. The van der Waals surface area contributed by atoms with Gasteiger partial charge in [0, 0.05) is 16.3 Å². The summed E-state index contributed by atoms with van der Waals surface area (Å²) in [6.45, 7) is 0. The van der Waals surface area contributed by atoms with Crippen molar-refractivity contribution in [2.24, 2.45) is 0 Å². The predicted molar refractivity (Wildman–Crippen MR) is 136 cm³/mol. The lowest BCUT2D eigenvalue weighted by molar-refractivity contribution is 0.103. The van der Waals surface area contributed by atoms with Crippen molar-refractivity contribution in [3.63, 3.8) is 0 Å². The minimum absolute atomic E-state index is 0.0285. The van der Waals surface area contributed by atoms with Crippen LogP contribution in [-0.4, -0.2) is 15.9 Å². The Bertz CT molecular complexity index is 1620. The van der Waals surface area contributed by atoms with E-state index in [1.807, 2.05) is 0 Å². The van der Waals surface area contributed by atoms with E-state index in [9.17, 15) is 10.1 Å². The molecule has 5 rings (SSSR count). The minimum Gasteiger partial charge on any atom is -0.464 e. The van der Waals surface area contributed by atoms with Gasteiger partial charge in [0.05, 0.1) is 33.3 Å². The number of thiophene rings is 1. The van der Waals surface area contributed by atoms with E-state index < -0.39 is 5.91 Å². The maximum absolute atomic E-state index is 13.1. The number of nitrogens with two attached hydrogens (primary N) is 2. The molecule has 8 nitrogen and oxygen atoms in total. The van der Waals surface area contributed by atoms with Crippen molar-refractivity contribution in [3.8, 4) is 28.7 Å². The average molecular weight is 527 g/mol. The fourth-order valence-electron chi connectivity index (χ4n) is 3.39. The zero-order valence-corrected chi connectivity index (χ0v) is 20.1. The summed E-state index contributed by atoms with van der Waals surface area (Å²) in [5, 5.41) is 15.9. The molecule has 0 saturated carbocycles. The van der Waals surface area contributed by atoms with Crippen LogP contribution < -0.4 is 16.8 Å². The summed E-state index contributed by atoms with van der Waals surface area (Å²) < 4.78 is 5.49. The van der Waals surface area contributed by atoms with Crippen molar-refractivity contribution < 1.29 is 9.21 Å². The Labute approximate surface area is 210 Å². The molecular formula is C22H12Cl2N6O2S2. The van der Waals surface area contributed by atoms with Gasteiger partial charge in [0.2, 0.25) is 0 Å². The summed E-state index contributed by atoms with van der Waals surface area (Å²) >= 11 is 14.4. The van der Waals surface area contributed by atoms with Crippen LogP contribution in [0.2, 0.25) is 10.0 Å². The summed E-state index contributed by atoms with van der Waals surface area (Å²) in [7, 11) is 0. The number of benzene rings is 1. The summed E-state index contributed by atoms with van der Waals surface area (Å²) in [6.07, 6.45) is 1.48. The van der Waals surface area contributed by atoms with Gasteiger partial charge in [0.1, 0.15) is 32.9 Å². The molecule has 5 N–H and O–H groups in total. The van der Waals surface area contributed by atoms with E-state index in [0.29, 0.717) is 42.4 Å². The highest BCUT2D eigenvalue weighted by Gasteiger charge is 2.25. The van der Waals surface area contributed by atoms with E-state index in [0.717, 1.165) is 16.9 Å². The number of amides is 1. The minimum atomic E-state index is -0.460. The number of anilines is 3. The number of carbonyl (C=O) groups excluding carboxylic acids is 1. The van der Waals surface area contributed by atoms with E-state index >= 15 is 0 Å². The van der Waals surface area contributed by atoms with Crippen LogP contribution in [0.3, 0.4) is 0 Å². The highest BCUT2D eigenvalue weighted by molar-refractivity contribution is 7.21. The second kappa shape index (κ2) is 8.62. The zero-order valence-electron chi connectivity index (χ0n) is 16.9. The number of hydrogen-bond donors (Lipinski definition) is 3. The number of nitrogens with one attached hydrogen (secondary N) is 1. The van der Waals surface area contributed by atoms with E-state index in [-0.39, 0.29) is 21.9 Å². The van der Waals surface area contributed by atoms with Crippen molar-refractivity contribution in [2.75, 3.05) is 16.8 Å². The third kappa shape index (κ3) is 3.74. The van der Waals surface area contributed by atoms with Gasteiger partial charge in [-0.05, 0) is 24.3 Å². The summed E-state index contributed by atoms with van der Waals surface area (Å²) in [6, 6.07) is 10.6. The van der Waals surface area contributed by atoms with Crippen LogP contribution in [0.15, 0.2) is 46.4 Å². The largest absolute Gasteiger partial charge is 0.464 e. The van der Waals surface area contributed by atoms with Crippen LogP contribution in [0.4, 0.5) is 16.6 Å². The number of fused-ring (bicyclic) bond motifs is 1. The average Bonchev–Trinajstić information content (AvgIpc) is 3.56. The molecule has 0 bridgehead atoms. The van der Waals surface area contributed by atoms with Gasteiger partial charge in [-0.2, -0.15) is 5.26 Å². The molecule has 5 aromatic rings. The molecular weight excluding hydrogens is 515 g/mol. The number of nitriles is 1. The molecule has 0 aliphatic heterocycles. The van der Waals surface area contributed by atoms with E-state index in [1.165, 1.54) is 17.6 Å². The summed E-state index contributed by atoms with van der Waals surface area (Å²) in [5.74, 6) is -0.0305. The first-order valence-electron chi connectivity index (χ1n) is 9.55. The van der Waals surface area contributed by atoms with Gasteiger partial charge in [-0.25, -0.2) is 9.97 Å². The Morgan fingerprint density at radius 1 is 1.18 bits per heavy atom. The van der Waals surface area contributed by atoms with E-state index in [1.54, 1.807) is 35.7 Å². The van der Waals surface area contributed by atoms with Crippen LogP contribution in [0, 0.1) is 11.3 Å². The van der Waals surface area contributed by atoms with Crippen molar-refractivity contribution in [3.05, 3.63) is 62.5 Å². The molecule has 168 valence electrons. The smallest absolute Gasteiger partial charge is 0.269 e. The van der Waals surface area contributed by atoms with Crippen LogP contribution in [0.25, 0.3) is 32.8 Å². The van der Waals surface area contributed by atoms with Gasteiger partial charge in [0.25, 0.3) is 5.91 Å². The summed E-state index contributed by atoms with van der Waals surface area (Å²) in [4.78, 5) is 22.5. The first-order valence-corrected chi connectivity index (χ1v) is 12.0. The van der Waals surface area contributed by atoms with Crippen LogP contribution in [0.5, 0.6) is 0 Å².